The molecule has 0 aliphatic rings. The van der Waals surface area contributed by atoms with Crippen molar-refractivity contribution in [3.8, 4) is 5.75 Å². The molecule has 1 aromatic heterocycles. The topological polar surface area (TPSA) is 114 Å². The molecule has 0 atom stereocenters. The molecule has 2 N–H and O–H groups in total. The maximum absolute atomic E-state index is 12.0. The number of rotatable bonds is 5. The van der Waals surface area contributed by atoms with Crippen molar-refractivity contribution in [1.82, 2.24) is 4.98 Å². The van der Waals surface area contributed by atoms with Crippen LogP contribution in [0.15, 0.2) is 59.4 Å². The quantitative estimate of drug-likeness (QED) is 0.547. The summed E-state index contributed by atoms with van der Waals surface area (Å²) in [6.45, 7) is -0.307. The minimum Gasteiger partial charge on any atom is -0.482 e. The number of benzene rings is 2. The number of para-hydroxylation sites is 1. The molecule has 25 heavy (non-hydrogen) atoms. The molecule has 2 aromatic carbocycles. The van der Waals surface area contributed by atoms with Crippen molar-refractivity contribution in [3.63, 3.8) is 0 Å². The van der Waals surface area contributed by atoms with E-state index in [2.05, 4.69) is 10.3 Å². The highest BCUT2D eigenvalue weighted by Crippen LogP contribution is 2.22. The Morgan fingerprint density at radius 3 is 2.76 bits per heavy atom. The monoisotopic (exact) mass is 339 g/mol. The summed E-state index contributed by atoms with van der Waals surface area (Å²) in [4.78, 5) is 36.3. The Morgan fingerprint density at radius 1 is 1.16 bits per heavy atom. The molecular weight excluding hydrogens is 326 g/mol. The molecule has 0 spiro atoms. The van der Waals surface area contributed by atoms with Gasteiger partial charge in [-0.05, 0) is 18.2 Å². The number of carbonyl (C=O) groups excluding carboxylic acids is 1. The van der Waals surface area contributed by atoms with Gasteiger partial charge in [0.1, 0.15) is 5.75 Å². The van der Waals surface area contributed by atoms with Gasteiger partial charge >= 0.3 is 0 Å². The smallest absolute Gasteiger partial charge is 0.271 e. The first-order valence-electron chi connectivity index (χ1n) is 7.32. The second-order valence-electron chi connectivity index (χ2n) is 5.19. The van der Waals surface area contributed by atoms with Gasteiger partial charge in [-0.25, -0.2) is 0 Å². The zero-order valence-corrected chi connectivity index (χ0v) is 12.9. The van der Waals surface area contributed by atoms with E-state index in [0.29, 0.717) is 17.0 Å². The van der Waals surface area contributed by atoms with Crippen LogP contribution >= 0.6 is 0 Å². The Hall–Kier alpha value is -3.68. The first kappa shape index (κ1) is 16.2. The third kappa shape index (κ3) is 3.81. The summed E-state index contributed by atoms with van der Waals surface area (Å²) >= 11 is 0. The van der Waals surface area contributed by atoms with Gasteiger partial charge in [0.2, 0.25) is 5.56 Å². The van der Waals surface area contributed by atoms with Gasteiger partial charge in [0.15, 0.2) is 6.61 Å². The highest BCUT2D eigenvalue weighted by atomic mass is 16.6. The number of carbonyl (C=O) groups is 1. The van der Waals surface area contributed by atoms with Crippen molar-refractivity contribution in [3.05, 3.63) is 75.1 Å². The van der Waals surface area contributed by atoms with Crippen molar-refractivity contribution in [2.24, 2.45) is 0 Å². The van der Waals surface area contributed by atoms with Crippen LogP contribution in [0.25, 0.3) is 10.9 Å². The fourth-order valence-corrected chi connectivity index (χ4v) is 2.31. The Labute approximate surface area is 141 Å². The molecule has 3 rings (SSSR count). The predicted molar refractivity (Wildman–Crippen MR) is 91.8 cm³/mol. The molecule has 0 aliphatic heterocycles. The molecule has 0 aliphatic carbocycles. The normalized spacial score (nSPS) is 10.4. The van der Waals surface area contributed by atoms with E-state index in [1.807, 2.05) is 0 Å². The van der Waals surface area contributed by atoms with E-state index in [1.54, 1.807) is 30.3 Å². The minimum atomic E-state index is -0.543. The number of nitro benzene ring substituents is 1. The van der Waals surface area contributed by atoms with E-state index in [0.717, 1.165) is 5.39 Å². The largest absolute Gasteiger partial charge is 0.482 e. The number of H-pyrrole nitrogens is 1. The predicted octanol–water partition coefficient (Wildman–Crippen LogP) is 2.45. The standard InChI is InChI=1S/C17H13N3O5/c21-15-8-7-11-3-1-6-14(17(11)19-15)25-10-16(22)18-12-4-2-5-13(9-12)20(23)24/h1-9H,10H2,(H,18,22)(H,19,21). The van der Waals surface area contributed by atoms with Crippen LogP contribution in [0.5, 0.6) is 5.75 Å². The molecule has 1 amide bonds. The van der Waals surface area contributed by atoms with Crippen molar-refractivity contribution < 1.29 is 14.5 Å². The molecule has 8 nitrogen and oxygen atoms in total. The zero-order chi connectivity index (χ0) is 17.8. The maximum atomic E-state index is 12.0. The SMILES string of the molecule is O=C(COc1cccc2ccc(=O)[nH]c12)Nc1cccc([N+](=O)[O-])c1. The summed E-state index contributed by atoms with van der Waals surface area (Å²) in [6.07, 6.45) is 0. The van der Waals surface area contributed by atoms with Gasteiger partial charge in [-0.3, -0.25) is 19.7 Å². The molecule has 1 heterocycles. The number of fused-ring (bicyclic) bond motifs is 1. The number of amides is 1. The number of non-ortho nitro benzene ring substituents is 1. The Kier molecular flexibility index (Phi) is 4.42. The highest BCUT2D eigenvalue weighted by Gasteiger charge is 2.10. The number of nitro groups is 1. The third-order valence-corrected chi connectivity index (χ3v) is 3.42. The molecular formula is C17H13N3O5. The Bertz CT molecular complexity index is 1010. The molecule has 0 unspecified atom stereocenters. The number of aromatic nitrogens is 1. The molecule has 0 saturated heterocycles. The lowest BCUT2D eigenvalue weighted by Gasteiger charge is -2.09. The van der Waals surface area contributed by atoms with Crippen molar-refractivity contribution in [2.45, 2.75) is 0 Å². The van der Waals surface area contributed by atoms with Gasteiger partial charge in [-0.15, -0.1) is 0 Å². The Balaban J connectivity index is 1.71. The minimum absolute atomic E-state index is 0.120. The van der Waals surface area contributed by atoms with Crippen LogP contribution in [-0.2, 0) is 4.79 Å². The number of hydrogen-bond acceptors (Lipinski definition) is 5. The van der Waals surface area contributed by atoms with E-state index < -0.39 is 10.8 Å². The highest BCUT2D eigenvalue weighted by molar-refractivity contribution is 5.92. The van der Waals surface area contributed by atoms with Gasteiger partial charge in [0.05, 0.1) is 10.4 Å². The van der Waals surface area contributed by atoms with E-state index in [9.17, 15) is 19.7 Å². The number of pyridine rings is 1. The lowest BCUT2D eigenvalue weighted by atomic mass is 10.2. The molecule has 0 saturated carbocycles. The summed E-state index contributed by atoms with van der Waals surface area (Å²) in [5.41, 5.74) is 0.405. The average Bonchev–Trinajstić information content (AvgIpc) is 2.60. The third-order valence-electron chi connectivity index (χ3n) is 3.42. The van der Waals surface area contributed by atoms with E-state index in [4.69, 9.17) is 4.74 Å². The fraction of sp³-hybridized carbons (Fsp3) is 0.0588. The number of hydrogen-bond donors (Lipinski definition) is 2. The van der Waals surface area contributed by atoms with E-state index in [-0.39, 0.29) is 17.9 Å². The summed E-state index contributed by atoms with van der Waals surface area (Å²) in [6, 6.07) is 13.9. The van der Waals surface area contributed by atoms with Gasteiger partial charge < -0.3 is 15.0 Å². The number of nitrogens with zero attached hydrogens (tertiary/aromatic N) is 1. The van der Waals surface area contributed by atoms with Crippen LogP contribution in [0, 0.1) is 10.1 Å². The van der Waals surface area contributed by atoms with Crippen molar-refractivity contribution >= 4 is 28.2 Å². The van der Waals surface area contributed by atoms with Crippen molar-refractivity contribution in [1.29, 1.82) is 0 Å². The Morgan fingerprint density at radius 2 is 1.96 bits per heavy atom. The van der Waals surface area contributed by atoms with Gasteiger partial charge in [-0.2, -0.15) is 0 Å². The van der Waals surface area contributed by atoms with Crippen LogP contribution < -0.4 is 15.6 Å². The lowest BCUT2D eigenvalue weighted by molar-refractivity contribution is -0.384. The van der Waals surface area contributed by atoms with Crippen LogP contribution in [0.2, 0.25) is 0 Å². The van der Waals surface area contributed by atoms with Crippen LogP contribution in [0.4, 0.5) is 11.4 Å². The lowest BCUT2D eigenvalue weighted by Crippen LogP contribution is -2.20. The second-order valence-corrected chi connectivity index (χ2v) is 5.19. The van der Waals surface area contributed by atoms with Crippen LogP contribution in [0.3, 0.4) is 0 Å². The average molecular weight is 339 g/mol. The zero-order valence-electron chi connectivity index (χ0n) is 12.9. The summed E-state index contributed by atoms with van der Waals surface area (Å²) in [5, 5.41) is 14.0. The number of nitrogens with one attached hydrogen (secondary N) is 2. The number of ether oxygens (including phenoxy) is 1. The molecule has 126 valence electrons. The second kappa shape index (κ2) is 6.83. The van der Waals surface area contributed by atoms with Gasteiger partial charge in [-0.1, -0.05) is 18.2 Å². The van der Waals surface area contributed by atoms with E-state index in [1.165, 1.54) is 24.3 Å². The fourth-order valence-electron chi connectivity index (χ4n) is 2.31. The number of aromatic amines is 1. The summed E-state index contributed by atoms with van der Waals surface area (Å²) in [5.74, 6) is -0.111. The van der Waals surface area contributed by atoms with Gasteiger partial charge in [0.25, 0.3) is 11.6 Å². The first-order chi connectivity index (χ1) is 12.0. The van der Waals surface area contributed by atoms with E-state index >= 15 is 0 Å². The van der Waals surface area contributed by atoms with Crippen molar-refractivity contribution in [2.75, 3.05) is 11.9 Å². The molecule has 0 radical (unpaired) electrons. The molecule has 8 heteroatoms. The van der Waals surface area contributed by atoms with Crippen LogP contribution in [0.1, 0.15) is 0 Å². The maximum Gasteiger partial charge on any atom is 0.271 e. The molecule has 0 bridgehead atoms. The summed E-state index contributed by atoms with van der Waals surface area (Å²) in [7, 11) is 0. The van der Waals surface area contributed by atoms with Gasteiger partial charge in [0, 0.05) is 29.3 Å². The summed E-state index contributed by atoms with van der Waals surface area (Å²) < 4.78 is 5.47. The molecule has 0 fully saturated rings. The first-order valence-corrected chi connectivity index (χ1v) is 7.32. The number of anilines is 1. The molecule has 3 aromatic rings. The van der Waals surface area contributed by atoms with Crippen LogP contribution in [-0.4, -0.2) is 22.4 Å².